The van der Waals surface area contributed by atoms with Gasteiger partial charge in [-0.2, -0.15) is 0 Å². The van der Waals surface area contributed by atoms with E-state index < -0.39 is 0 Å². The van der Waals surface area contributed by atoms with Crippen LogP contribution in [0.1, 0.15) is 25.0 Å². The van der Waals surface area contributed by atoms with Crippen LogP contribution in [0, 0.1) is 3.57 Å². The van der Waals surface area contributed by atoms with Crippen molar-refractivity contribution >= 4 is 28.3 Å². The molecule has 0 heterocycles. The highest BCUT2D eigenvalue weighted by molar-refractivity contribution is 14.1. The molecule has 0 saturated carbocycles. The maximum atomic E-state index is 5.91. The monoisotopic (exact) mass is 335 g/mol. The van der Waals surface area contributed by atoms with Crippen LogP contribution in [0.4, 0.5) is 5.69 Å². The van der Waals surface area contributed by atoms with Crippen molar-refractivity contribution in [1.29, 1.82) is 0 Å². The first-order valence-corrected chi connectivity index (χ1v) is 6.78. The third kappa shape index (κ3) is 1.50. The second-order valence-electron chi connectivity index (χ2n) is 5.12. The Hall–Kier alpha value is -1.03. The fourth-order valence-electron chi connectivity index (χ4n) is 2.76. The van der Waals surface area contributed by atoms with E-state index in [1.807, 2.05) is 6.07 Å². The van der Waals surface area contributed by atoms with Crippen LogP contribution in [0.5, 0.6) is 0 Å². The summed E-state index contributed by atoms with van der Waals surface area (Å²) in [5, 5.41) is 0. The van der Waals surface area contributed by atoms with Crippen LogP contribution >= 0.6 is 22.6 Å². The zero-order valence-electron chi connectivity index (χ0n) is 9.92. The highest BCUT2D eigenvalue weighted by Crippen LogP contribution is 2.49. The van der Waals surface area contributed by atoms with Crippen molar-refractivity contribution in [3.05, 3.63) is 51.1 Å². The Morgan fingerprint density at radius 1 is 0.941 bits per heavy atom. The molecule has 17 heavy (non-hydrogen) atoms. The first kappa shape index (κ1) is 11.1. The Balaban J connectivity index is 2.39. The number of anilines is 1. The summed E-state index contributed by atoms with van der Waals surface area (Å²) in [5.74, 6) is 0. The lowest BCUT2D eigenvalue weighted by Crippen LogP contribution is -2.14. The highest BCUT2D eigenvalue weighted by atomic mass is 127. The molecular formula is C15H14IN. The Bertz CT molecular complexity index is 561. The molecular weight excluding hydrogens is 321 g/mol. The van der Waals surface area contributed by atoms with Crippen molar-refractivity contribution in [2.75, 3.05) is 5.73 Å². The lowest BCUT2D eigenvalue weighted by Gasteiger charge is -2.21. The summed E-state index contributed by atoms with van der Waals surface area (Å²) in [7, 11) is 0. The van der Waals surface area contributed by atoms with Gasteiger partial charge in [0.1, 0.15) is 0 Å². The van der Waals surface area contributed by atoms with E-state index in [1.165, 1.54) is 25.8 Å². The second kappa shape index (κ2) is 3.48. The van der Waals surface area contributed by atoms with Gasteiger partial charge in [0.15, 0.2) is 0 Å². The Morgan fingerprint density at radius 3 is 2.24 bits per heavy atom. The fraction of sp³-hybridized carbons (Fsp3) is 0.200. The molecule has 86 valence electrons. The van der Waals surface area contributed by atoms with Crippen LogP contribution in [-0.4, -0.2) is 0 Å². The van der Waals surface area contributed by atoms with Crippen LogP contribution in [0.25, 0.3) is 11.1 Å². The fourth-order valence-corrected chi connectivity index (χ4v) is 3.25. The number of nitrogen functional groups attached to an aromatic ring is 1. The Morgan fingerprint density at radius 2 is 1.53 bits per heavy atom. The standard InChI is InChI=1S/C15H14IN/c1-15(2)13-5-3-9(16)7-11(13)12-8-10(17)4-6-14(12)15/h3-8H,17H2,1-2H3. The Kier molecular flexibility index (Phi) is 2.27. The smallest absolute Gasteiger partial charge is 0.0320 e. The second-order valence-corrected chi connectivity index (χ2v) is 6.37. The molecule has 0 aromatic heterocycles. The maximum Gasteiger partial charge on any atom is 0.0320 e. The predicted molar refractivity (Wildman–Crippen MR) is 81.1 cm³/mol. The van der Waals surface area contributed by atoms with Gasteiger partial charge in [-0.15, -0.1) is 0 Å². The van der Waals surface area contributed by atoms with Gasteiger partial charge in [0, 0.05) is 14.7 Å². The SMILES string of the molecule is CC1(C)c2ccc(N)cc2-c2cc(I)ccc21. The minimum atomic E-state index is 0.0860. The topological polar surface area (TPSA) is 26.0 Å². The van der Waals surface area contributed by atoms with E-state index in [-0.39, 0.29) is 5.41 Å². The van der Waals surface area contributed by atoms with Gasteiger partial charge in [0.2, 0.25) is 0 Å². The van der Waals surface area contributed by atoms with Gasteiger partial charge in [0.25, 0.3) is 0 Å². The molecule has 1 aliphatic rings. The highest BCUT2D eigenvalue weighted by Gasteiger charge is 2.35. The van der Waals surface area contributed by atoms with E-state index in [4.69, 9.17) is 5.73 Å². The van der Waals surface area contributed by atoms with Gasteiger partial charge >= 0.3 is 0 Å². The van der Waals surface area contributed by atoms with Gasteiger partial charge < -0.3 is 5.73 Å². The molecule has 0 bridgehead atoms. The van der Waals surface area contributed by atoms with Gasteiger partial charge in [0.05, 0.1) is 0 Å². The zero-order valence-corrected chi connectivity index (χ0v) is 12.1. The van der Waals surface area contributed by atoms with Crippen LogP contribution < -0.4 is 5.73 Å². The molecule has 1 aliphatic carbocycles. The number of benzene rings is 2. The van der Waals surface area contributed by atoms with Crippen molar-refractivity contribution in [3.63, 3.8) is 0 Å². The minimum Gasteiger partial charge on any atom is -0.399 e. The number of nitrogens with two attached hydrogens (primary N) is 1. The molecule has 0 unspecified atom stereocenters. The molecule has 2 heteroatoms. The molecule has 0 atom stereocenters. The van der Waals surface area contributed by atoms with Gasteiger partial charge in [-0.05, 0) is 69.1 Å². The van der Waals surface area contributed by atoms with E-state index in [0.717, 1.165) is 5.69 Å². The lowest BCUT2D eigenvalue weighted by molar-refractivity contribution is 0.660. The number of hydrogen-bond donors (Lipinski definition) is 1. The lowest BCUT2D eigenvalue weighted by atomic mass is 9.82. The van der Waals surface area contributed by atoms with Gasteiger partial charge in [-0.3, -0.25) is 0 Å². The van der Waals surface area contributed by atoms with Crippen LogP contribution in [-0.2, 0) is 5.41 Å². The molecule has 0 fully saturated rings. The van der Waals surface area contributed by atoms with Crippen molar-refractivity contribution in [1.82, 2.24) is 0 Å². The predicted octanol–water partition coefficient (Wildman–Crippen LogP) is 4.18. The van der Waals surface area contributed by atoms with Crippen molar-refractivity contribution < 1.29 is 0 Å². The van der Waals surface area contributed by atoms with Crippen LogP contribution in [0.2, 0.25) is 0 Å². The molecule has 1 nitrogen and oxygen atoms in total. The third-order valence-corrected chi connectivity index (χ3v) is 4.33. The molecule has 2 aromatic carbocycles. The minimum absolute atomic E-state index is 0.0860. The van der Waals surface area contributed by atoms with Gasteiger partial charge in [-0.25, -0.2) is 0 Å². The third-order valence-electron chi connectivity index (χ3n) is 3.66. The Labute approximate surface area is 115 Å². The van der Waals surface area contributed by atoms with Gasteiger partial charge in [-0.1, -0.05) is 26.0 Å². The summed E-state index contributed by atoms with van der Waals surface area (Å²) >= 11 is 2.36. The molecule has 0 radical (unpaired) electrons. The van der Waals surface area contributed by atoms with E-state index >= 15 is 0 Å². The molecule has 2 N–H and O–H groups in total. The first-order chi connectivity index (χ1) is 8.00. The number of fused-ring (bicyclic) bond motifs is 3. The largest absolute Gasteiger partial charge is 0.399 e. The van der Waals surface area contributed by atoms with Crippen molar-refractivity contribution in [2.24, 2.45) is 0 Å². The van der Waals surface area contributed by atoms with Crippen LogP contribution in [0.3, 0.4) is 0 Å². The van der Waals surface area contributed by atoms with E-state index in [2.05, 4.69) is 66.8 Å². The zero-order chi connectivity index (χ0) is 12.2. The summed E-state index contributed by atoms with van der Waals surface area (Å²) in [4.78, 5) is 0. The summed E-state index contributed by atoms with van der Waals surface area (Å²) < 4.78 is 1.27. The molecule has 0 aliphatic heterocycles. The number of hydrogen-bond acceptors (Lipinski definition) is 1. The number of halogens is 1. The summed E-state index contributed by atoms with van der Waals surface area (Å²) in [6.07, 6.45) is 0. The molecule has 2 aromatic rings. The molecule has 0 spiro atoms. The van der Waals surface area contributed by atoms with E-state index in [0.29, 0.717) is 0 Å². The van der Waals surface area contributed by atoms with Crippen molar-refractivity contribution in [3.8, 4) is 11.1 Å². The maximum absolute atomic E-state index is 5.91. The average molecular weight is 335 g/mol. The van der Waals surface area contributed by atoms with E-state index in [9.17, 15) is 0 Å². The van der Waals surface area contributed by atoms with E-state index in [1.54, 1.807) is 0 Å². The normalized spacial score (nSPS) is 15.5. The van der Waals surface area contributed by atoms with Crippen molar-refractivity contribution in [2.45, 2.75) is 19.3 Å². The summed E-state index contributed by atoms with van der Waals surface area (Å²) in [6, 6.07) is 12.9. The molecule has 0 saturated heterocycles. The number of rotatable bonds is 0. The average Bonchev–Trinajstić information content (AvgIpc) is 2.47. The van der Waals surface area contributed by atoms with Crippen LogP contribution in [0.15, 0.2) is 36.4 Å². The quantitative estimate of drug-likeness (QED) is 0.567. The summed E-state index contributed by atoms with van der Waals surface area (Å²) in [6.45, 7) is 4.56. The first-order valence-electron chi connectivity index (χ1n) is 5.70. The molecule has 3 rings (SSSR count). The summed E-state index contributed by atoms with van der Waals surface area (Å²) in [5.41, 5.74) is 12.2. The molecule has 0 amide bonds.